The number of hydrogen-bond acceptors (Lipinski definition) is 2. The molecule has 3 heteroatoms. The Morgan fingerprint density at radius 2 is 2.00 bits per heavy atom. The molecule has 0 aliphatic heterocycles. The first-order chi connectivity index (χ1) is 7.06. The molecule has 1 N–H and O–H groups in total. The highest BCUT2D eigenvalue weighted by molar-refractivity contribution is 5.24. The number of aryl methyl sites for hydroxylation is 2. The van der Waals surface area contributed by atoms with Crippen molar-refractivity contribution in [2.24, 2.45) is 0 Å². The van der Waals surface area contributed by atoms with Crippen LogP contribution in [0.5, 0.6) is 0 Å². The molecule has 0 saturated carbocycles. The molecule has 0 aliphatic rings. The normalized spacial score (nSPS) is 11.3. The standard InChI is InChI=1S/C12H23N3/c1-6-15-11(5)12(10(4)14-15)7-8-13-9(2)3/h9,13H,6-8H2,1-5H3. The van der Waals surface area contributed by atoms with Crippen molar-refractivity contribution in [2.45, 2.75) is 53.6 Å². The van der Waals surface area contributed by atoms with Gasteiger partial charge in [0.1, 0.15) is 0 Å². The first-order valence-electron chi connectivity index (χ1n) is 5.82. The van der Waals surface area contributed by atoms with E-state index in [2.05, 4.69) is 49.7 Å². The molecule has 1 heterocycles. The van der Waals surface area contributed by atoms with Crippen LogP contribution in [0.2, 0.25) is 0 Å². The summed E-state index contributed by atoms with van der Waals surface area (Å²) in [5.74, 6) is 0. The Morgan fingerprint density at radius 1 is 1.33 bits per heavy atom. The summed E-state index contributed by atoms with van der Waals surface area (Å²) in [5.41, 5.74) is 3.91. The first-order valence-corrected chi connectivity index (χ1v) is 5.82. The van der Waals surface area contributed by atoms with E-state index in [4.69, 9.17) is 0 Å². The van der Waals surface area contributed by atoms with E-state index in [9.17, 15) is 0 Å². The maximum absolute atomic E-state index is 4.52. The van der Waals surface area contributed by atoms with Crippen LogP contribution in [0, 0.1) is 13.8 Å². The van der Waals surface area contributed by atoms with Gasteiger partial charge >= 0.3 is 0 Å². The third-order valence-corrected chi connectivity index (χ3v) is 2.76. The molecule has 0 spiro atoms. The van der Waals surface area contributed by atoms with Gasteiger partial charge in [-0.25, -0.2) is 0 Å². The molecule has 0 saturated heterocycles. The van der Waals surface area contributed by atoms with E-state index in [1.54, 1.807) is 0 Å². The third-order valence-electron chi connectivity index (χ3n) is 2.76. The molecule has 86 valence electrons. The van der Waals surface area contributed by atoms with E-state index >= 15 is 0 Å². The summed E-state index contributed by atoms with van der Waals surface area (Å²) in [6.45, 7) is 12.7. The minimum atomic E-state index is 0.562. The molecular formula is C12H23N3. The number of aromatic nitrogens is 2. The summed E-state index contributed by atoms with van der Waals surface area (Å²) in [6, 6.07) is 0.562. The second-order valence-electron chi connectivity index (χ2n) is 4.32. The Bertz CT molecular complexity index is 313. The molecule has 1 aromatic rings. The molecule has 0 amide bonds. The Labute approximate surface area is 92.9 Å². The Balaban J connectivity index is 2.64. The number of rotatable bonds is 5. The van der Waals surface area contributed by atoms with Crippen LogP contribution in [0.15, 0.2) is 0 Å². The van der Waals surface area contributed by atoms with Gasteiger partial charge < -0.3 is 5.32 Å². The molecule has 0 atom stereocenters. The molecule has 0 unspecified atom stereocenters. The van der Waals surface area contributed by atoms with Gasteiger partial charge in [-0.1, -0.05) is 13.8 Å². The smallest absolute Gasteiger partial charge is 0.0628 e. The average molecular weight is 209 g/mol. The van der Waals surface area contributed by atoms with Gasteiger partial charge in [0.25, 0.3) is 0 Å². The van der Waals surface area contributed by atoms with Crippen molar-refractivity contribution in [3.63, 3.8) is 0 Å². The lowest BCUT2D eigenvalue weighted by atomic mass is 10.1. The van der Waals surface area contributed by atoms with Gasteiger partial charge in [0, 0.05) is 18.3 Å². The van der Waals surface area contributed by atoms with Gasteiger partial charge in [-0.05, 0) is 39.3 Å². The number of hydrogen-bond donors (Lipinski definition) is 1. The summed E-state index contributed by atoms with van der Waals surface area (Å²) < 4.78 is 2.08. The fourth-order valence-electron chi connectivity index (χ4n) is 1.89. The topological polar surface area (TPSA) is 29.9 Å². The first kappa shape index (κ1) is 12.2. The van der Waals surface area contributed by atoms with E-state index in [1.165, 1.54) is 17.0 Å². The molecule has 1 rings (SSSR count). The highest BCUT2D eigenvalue weighted by Crippen LogP contribution is 2.13. The lowest BCUT2D eigenvalue weighted by Crippen LogP contribution is -2.25. The Hall–Kier alpha value is -0.830. The van der Waals surface area contributed by atoms with Crippen molar-refractivity contribution >= 4 is 0 Å². The van der Waals surface area contributed by atoms with Gasteiger partial charge in [0.05, 0.1) is 5.69 Å². The molecule has 15 heavy (non-hydrogen) atoms. The monoisotopic (exact) mass is 209 g/mol. The van der Waals surface area contributed by atoms with Gasteiger partial charge in [-0.3, -0.25) is 4.68 Å². The maximum atomic E-state index is 4.52. The number of nitrogens with one attached hydrogen (secondary N) is 1. The molecule has 1 aromatic heterocycles. The zero-order valence-corrected chi connectivity index (χ0v) is 10.6. The molecule has 0 bridgehead atoms. The minimum Gasteiger partial charge on any atom is -0.314 e. The predicted molar refractivity (Wildman–Crippen MR) is 64.2 cm³/mol. The summed E-state index contributed by atoms with van der Waals surface area (Å²) in [4.78, 5) is 0. The second-order valence-corrected chi connectivity index (χ2v) is 4.32. The van der Waals surface area contributed by atoms with Crippen molar-refractivity contribution in [3.8, 4) is 0 Å². The van der Waals surface area contributed by atoms with E-state index in [0.29, 0.717) is 6.04 Å². The predicted octanol–water partition coefficient (Wildman–Crippen LogP) is 2.06. The maximum Gasteiger partial charge on any atom is 0.0628 e. The van der Waals surface area contributed by atoms with Gasteiger partial charge in [0.2, 0.25) is 0 Å². The molecule has 3 nitrogen and oxygen atoms in total. The Kier molecular flexibility index (Phi) is 4.33. The van der Waals surface area contributed by atoms with Gasteiger partial charge in [0.15, 0.2) is 0 Å². The van der Waals surface area contributed by atoms with Crippen LogP contribution < -0.4 is 5.32 Å². The second kappa shape index (κ2) is 5.31. The largest absolute Gasteiger partial charge is 0.314 e. The van der Waals surface area contributed by atoms with Crippen LogP contribution in [-0.4, -0.2) is 22.4 Å². The third kappa shape index (κ3) is 3.06. The fraction of sp³-hybridized carbons (Fsp3) is 0.750. The van der Waals surface area contributed by atoms with Crippen molar-refractivity contribution in [3.05, 3.63) is 17.0 Å². The van der Waals surface area contributed by atoms with E-state index in [-0.39, 0.29) is 0 Å². The lowest BCUT2D eigenvalue weighted by molar-refractivity contribution is 0.588. The van der Waals surface area contributed by atoms with E-state index in [1.807, 2.05) is 0 Å². The highest BCUT2D eigenvalue weighted by atomic mass is 15.3. The van der Waals surface area contributed by atoms with E-state index in [0.717, 1.165) is 19.5 Å². The van der Waals surface area contributed by atoms with Crippen molar-refractivity contribution in [1.82, 2.24) is 15.1 Å². The van der Waals surface area contributed by atoms with Crippen LogP contribution in [-0.2, 0) is 13.0 Å². The van der Waals surface area contributed by atoms with E-state index < -0.39 is 0 Å². The summed E-state index contributed by atoms with van der Waals surface area (Å²) in [6.07, 6.45) is 1.08. The average Bonchev–Trinajstić information content (AvgIpc) is 2.44. The Morgan fingerprint density at radius 3 is 2.47 bits per heavy atom. The van der Waals surface area contributed by atoms with Crippen molar-refractivity contribution in [2.75, 3.05) is 6.54 Å². The van der Waals surface area contributed by atoms with Crippen LogP contribution >= 0.6 is 0 Å². The minimum absolute atomic E-state index is 0.562. The lowest BCUT2D eigenvalue weighted by Gasteiger charge is -2.08. The summed E-state index contributed by atoms with van der Waals surface area (Å²) >= 11 is 0. The fourth-order valence-corrected chi connectivity index (χ4v) is 1.89. The summed E-state index contributed by atoms with van der Waals surface area (Å²) in [7, 11) is 0. The summed E-state index contributed by atoms with van der Waals surface area (Å²) in [5, 5.41) is 7.95. The molecule has 0 radical (unpaired) electrons. The SMILES string of the molecule is CCn1nc(C)c(CCNC(C)C)c1C. The van der Waals surface area contributed by atoms with Gasteiger partial charge in [-0.15, -0.1) is 0 Å². The zero-order chi connectivity index (χ0) is 11.4. The molecule has 0 fully saturated rings. The van der Waals surface area contributed by atoms with Crippen LogP contribution in [0.25, 0.3) is 0 Å². The highest BCUT2D eigenvalue weighted by Gasteiger charge is 2.09. The van der Waals surface area contributed by atoms with Crippen molar-refractivity contribution < 1.29 is 0 Å². The zero-order valence-electron chi connectivity index (χ0n) is 10.6. The van der Waals surface area contributed by atoms with Crippen LogP contribution in [0.1, 0.15) is 37.7 Å². The van der Waals surface area contributed by atoms with Crippen LogP contribution in [0.4, 0.5) is 0 Å². The quantitative estimate of drug-likeness (QED) is 0.804. The van der Waals surface area contributed by atoms with Gasteiger partial charge in [-0.2, -0.15) is 5.10 Å². The molecule has 0 aromatic carbocycles. The molecule has 0 aliphatic carbocycles. The van der Waals surface area contributed by atoms with Crippen LogP contribution in [0.3, 0.4) is 0 Å². The van der Waals surface area contributed by atoms with Crippen molar-refractivity contribution in [1.29, 1.82) is 0 Å². The number of nitrogens with zero attached hydrogens (tertiary/aromatic N) is 2. The molecular weight excluding hydrogens is 186 g/mol.